The van der Waals surface area contributed by atoms with E-state index in [0.717, 1.165) is 16.9 Å². The molecule has 1 aromatic rings. The summed E-state index contributed by atoms with van der Waals surface area (Å²) in [6.07, 6.45) is 0. The van der Waals surface area contributed by atoms with Gasteiger partial charge in [0.2, 0.25) is 0 Å². The van der Waals surface area contributed by atoms with Gasteiger partial charge in [0.05, 0.1) is 5.03 Å². The molecule has 82 valence electrons. The second-order valence-corrected chi connectivity index (χ2v) is 3.86. The SMILES string of the molecule is Cc1ccc(OCC(Cl)=CCl)c(CN)c1. The lowest BCUT2D eigenvalue weighted by Crippen LogP contribution is -2.04. The smallest absolute Gasteiger partial charge is 0.125 e. The molecule has 1 rings (SSSR count). The molecule has 0 fully saturated rings. The van der Waals surface area contributed by atoms with Gasteiger partial charge < -0.3 is 10.5 Å². The molecule has 0 aromatic heterocycles. The Labute approximate surface area is 99.6 Å². The highest BCUT2D eigenvalue weighted by molar-refractivity contribution is 6.36. The zero-order valence-electron chi connectivity index (χ0n) is 8.47. The highest BCUT2D eigenvalue weighted by atomic mass is 35.5. The van der Waals surface area contributed by atoms with Gasteiger partial charge in [0.15, 0.2) is 0 Å². The molecule has 0 saturated carbocycles. The van der Waals surface area contributed by atoms with Crippen molar-refractivity contribution in [2.45, 2.75) is 13.5 Å². The minimum atomic E-state index is 0.265. The molecule has 0 aliphatic rings. The van der Waals surface area contributed by atoms with E-state index >= 15 is 0 Å². The summed E-state index contributed by atoms with van der Waals surface area (Å²) in [5.41, 5.74) is 9.02. The quantitative estimate of drug-likeness (QED) is 0.885. The van der Waals surface area contributed by atoms with E-state index in [1.54, 1.807) is 0 Å². The third kappa shape index (κ3) is 3.74. The van der Waals surface area contributed by atoms with Gasteiger partial charge in [0.25, 0.3) is 0 Å². The highest BCUT2D eigenvalue weighted by Gasteiger charge is 2.03. The number of rotatable bonds is 4. The number of nitrogens with two attached hydrogens (primary N) is 1. The predicted molar refractivity (Wildman–Crippen MR) is 64.4 cm³/mol. The van der Waals surface area contributed by atoms with E-state index in [1.165, 1.54) is 5.54 Å². The normalized spacial score (nSPS) is 11.6. The van der Waals surface area contributed by atoms with Crippen molar-refractivity contribution in [1.29, 1.82) is 0 Å². The van der Waals surface area contributed by atoms with Crippen molar-refractivity contribution in [2.75, 3.05) is 6.61 Å². The fourth-order valence-electron chi connectivity index (χ4n) is 1.19. The minimum absolute atomic E-state index is 0.265. The molecule has 1 aromatic carbocycles. The monoisotopic (exact) mass is 245 g/mol. The Hall–Kier alpha value is -0.700. The van der Waals surface area contributed by atoms with E-state index in [9.17, 15) is 0 Å². The number of halogens is 2. The van der Waals surface area contributed by atoms with Gasteiger partial charge in [0, 0.05) is 17.6 Å². The van der Waals surface area contributed by atoms with Crippen LogP contribution in [0.2, 0.25) is 0 Å². The van der Waals surface area contributed by atoms with Crippen molar-refractivity contribution in [2.24, 2.45) is 5.73 Å². The molecule has 0 atom stereocenters. The predicted octanol–water partition coefficient (Wildman–Crippen LogP) is 3.15. The van der Waals surface area contributed by atoms with Crippen molar-refractivity contribution in [3.63, 3.8) is 0 Å². The molecule has 0 amide bonds. The summed E-state index contributed by atoms with van der Waals surface area (Å²) < 4.78 is 5.47. The first-order valence-corrected chi connectivity index (χ1v) is 5.36. The van der Waals surface area contributed by atoms with Crippen LogP contribution in [-0.4, -0.2) is 6.61 Å². The van der Waals surface area contributed by atoms with Gasteiger partial charge in [-0.1, -0.05) is 40.9 Å². The Morgan fingerprint density at radius 2 is 2.27 bits per heavy atom. The largest absolute Gasteiger partial charge is 0.488 e. The van der Waals surface area contributed by atoms with Gasteiger partial charge >= 0.3 is 0 Å². The topological polar surface area (TPSA) is 35.2 Å². The molecule has 2 N–H and O–H groups in total. The van der Waals surface area contributed by atoms with Gasteiger partial charge in [-0.15, -0.1) is 0 Å². The first-order valence-electron chi connectivity index (χ1n) is 4.54. The lowest BCUT2D eigenvalue weighted by atomic mass is 10.1. The summed E-state index contributed by atoms with van der Waals surface area (Å²) in [4.78, 5) is 0. The standard InChI is InChI=1S/C11H13Cl2NO/c1-8-2-3-11(9(4-8)6-14)15-7-10(13)5-12/h2-5H,6-7,14H2,1H3. The summed E-state index contributed by atoms with van der Waals surface area (Å²) in [6.45, 7) is 2.72. The molecule has 0 saturated heterocycles. The molecular formula is C11H13Cl2NO. The summed E-state index contributed by atoms with van der Waals surface area (Å²) in [5.74, 6) is 0.750. The highest BCUT2D eigenvalue weighted by Crippen LogP contribution is 2.20. The first-order chi connectivity index (χ1) is 7.17. The van der Waals surface area contributed by atoms with Crippen LogP contribution in [0.3, 0.4) is 0 Å². The molecule has 0 bridgehead atoms. The van der Waals surface area contributed by atoms with Crippen molar-refractivity contribution in [3.8, 4) is 5.75 Å². The third-order valence-electron chi connectivity index (χ3n) is 1.92. The molecule has 0 aliphatic heterocycles. The van der Waals surface area contributed by atoms with Crippen molar-refractivity contribution >= 4 is 23.2 Å². The zero-order chi connectivity index (χ0) is 11.3. The molecule has 4 heteroatoms. The maximum absolute atomic E-state index is 5.71. The number of ether oxygens (including phenoxy) is 1. The molecule has 15 heavy (non-hydrogen) atoms. The number of hydrogen-bond acceptors (Lipinski definition) is 2. The summed E-state index contributed by atoms with van der Waals surface area (Å²) >= 11 is 11.1. The summed E-state index contributed by atoms with van der Waals surface area (Å²) in [6, 6.07) is 5.84. The zero-order valence-corrected chi connectivity index (χ0v) is 9.98. The molecule has 0 radical (unpaired) electrons. The Morgan fingerprint density at radius 3 is 2.87 bits per heavy atom. The maximum atomic E-state index is 5.71. The Bertz CT molecular complexity index is 364. The number of benzene rings is 1. The van der Waals surface area contributed by atoms with E-state index in [-0.39, 0.29) is 6.61 Å². The second kappa shape index (κ2) is 6.01. The van der Waals surface area contributed by atoms with Crippen LogP contribution in [0, 0.1) is 6.92 Å². The van der Waals surface area contributed by atoms with E-state index in [0.29, 0.717) is 11.6 Å². The maximum Gasteiger partial charge on any atom is 0.125 e. The van der Waals surface area contributed by atoms with Crippen LogP contribution in [0.5, 0.6) is 5.75 Å². The number of aryl methyl sites for hydroxylation is 1. The van der Waals surface area contributed by atoms with Gasteiger partial charge in [0.1, 0.15) is 12.4 Å². The van der Waals surface area contributed by atoms with Gasteiger partial charge in [-0.05, 0) is 13.0 Å². The lowest BCUT2D eigenvalue weighted by Gasteiger charge is -2.10. The fraction of sp³-hybridized carbons (Fsp3) is 0.273. The Kier molecular flexibility index (Phi) is 4.95. The van der Waals surface area contributed by atoms with Crippen LogP contribution in [0.25, 0.3) is 0 Å². The lowest BCUT2D eigenvalue weighted by molar-refractivity contribution is 0.355. The van der Waals surface area contributed by atoms with Crippen LogP contribution in [0.4, 0.5) is 0 Å². The van der Waals surface area contributed by atoms with Crippen LogP contribution in [0.1, 0.15) is 11.1 Å². The van der Waals surface area contributed by atoms with Crippen LogP contribution in [-0.2, 0) is 6.54 Å². The third-order valence-corrected chi connectivity index (χ3v) is 2.51. The van der Waals surface area contributed by atoms with Gasteiger partial charge in [-0.25, -0.2) is 0 Å². The molecule has 0 unspecified atom stereocenters. The first kappa shape index (κ1) is 12.4. The Balaban J connectivity index is 2.76. The summed E-state index contributed by atoms with van der Waals surface area (Å²) in [7, 11) is 0. The van der Waals surface area contributed by atoms with Gasteiger partial charge in [-0.3, -0.25) is 0 Å². The molecule has 0 aliphatic carbocycles. The van der Waals surface area contributed by atoms with E-state index in [2.05, 4.69) is 0 Å². The number of hydrogen-bond donors (Lipinski definition) is 1. The average Bonchev–Trinajstić information content (AvgIpc) is 2.26. The van der Waals surface area contributed by atoms with E-state index < -0.39 is 0 Å². The van der Waals surface area contributed by atoms with E-state index in [1.807, 2.05) is 25.1 Å². The van der Waals surface area contributed by atoms with Crippen molar-refractivity contribution in [3.05, 3.63) is 39.9 Å². The van der Waals surface area contributed by atoms with Crippen LogP contribution in [0.15, 0.2) is 28.8 Å². The molecular weight excluding hydrogens is 233 g/mol. The summed E-state index contributed by atoms with van der Waals surface area (Å²) in [5, 5.41) is 0.459. The fourth-order valence-corrected chi connectivity index (χ4v) is 1.30. The molecule has 0 heterocycles. The van der Waals surface area contributed by atoms with E-state index in [4.69, 9.17) is 33.7 Å². The second-order valence-electron chi connectivity index (χ2n) is 3.16. The average molecular weight is 246 g/mol. The van der Waals surface area contributed by atoms with Crippen molar-refractivity contribution < 1.29 is 4.74 Å². The minimum Gasteiger partial charge on any atom is -0.488 e. The van der Waals surface area contributed by atoms with Crippen LogP contribution >= 0.6 is 23.2 Å². The Morgan fingerprint density at radius 1 is 1.53 bits per heavy atom. The van der Waals surface area contributed by atoms with Gasteiger partial charge in [-0.2, -0.15) is 0 Å². The molecule has 2 nitrogen and oxygen atoms in total. The van der Waals surface area contributed by atoms with Crippen LogP contribution < -0.4 is 10.5 Å². The molecule has 0 spiro atoms. The van der Waals surface area contributed by atoms with Crippen molar-refractivity contribution in [1.82, 2.24) is 0 Å².